The molecular weight excluding hydrogens is 502 g/mol. The number of aliphatic hydroxyl groups is 2. The monoisotopic (exact) mass is 533 g/mol. The van der Waals surface area contributed by atoms with E-state index in [0.717, 1.165) is 33.2 Å². The molecule has 0 saturated heterocycles. The molecule has 0 unspecified atom stereocenters. The molecule has 0 amide bonds. The van der Waals surface area contributed by atoms with Crippen molar-refractivity contribution in [1.29, 1.82) is 0 Å². The minimum atomic E-state index is -3.55. The maximum Gasteiger partial charge on any atom is 0.224 e. The van der Waals surface area contributed by atoms with Crippen molar-refractivity contribution in [2.45, 2.75) is 51.4 Å². The van der Waals surface area contributed by atoms with Gasteiger partial charge in [-0.05, 0) is 52.1 Å². The van der Waals surface area contributed by atoms with E-state index in [1.807, 2.05) is 19.9 Å². The quantitative estimate of drug-likeness (QED) is 0.273. The van der Waals surface area contributed by atoms with Crippen LogP contribution in [0.3, 0.4) is 0 Å². The van der Waals surface area contributed by atoms with Crippen LogP contribution in [0.2, 0.25) is 0 Å². The molecule has 5 N–H and O–H groups in total. The van der Waals surface area contributed by atoms with Crippen LogP contribution in [0.5, 0.6) is 0 Å². The molecule has 2 aliphatic carbocycles. The lowest BCUT2D eigenvalue weighted by Gasteiger charge is -2.21. The molecule has 13 heteroatoms. The second-order valence-electron chi connectivity index (χ2n) is 9.66. The Labute approximate surface area is 213 Å². The summed E-state index contributed by atoms with van der Waals surface area (Å²) in [5.41, 5.74) is 3.07. The van der Waals surface area contributed by atoms with Crippen molar-refractivity contribution in [2.75, 3.05) is 30.0 Å². The zero-order valence-corrected chi connectivity index (χ0v) is 22.0. The number of hydrogen-bond acceptors (Lipinski definition) is 11. The number of aliphatic hydroxyl groups excluding tert-OH is 2. The molecule has 36 heavy (non-hydrogen) atoms. The number of nitrogens with one attached hydrogen (secondary N) is 3. The average molecular weight is 534 g/mol. The Bertz CT molecular complexity index is 1380. The Morgan fingerprint density at radius 1 is 1.11 bits per heavy atom. The number of nitrogens with zero attached hydrogens (tertiary/aromatic N) is 4. The number of aromatic nitrogens is 4. The highest BCUT2D eigenvalue weighted by atomic mass is 32.2. The molecule has 0 radical (unpaired) electrons. The number of rotatable bonds is 9. The highest BCUT2D eigenvalue weighted by Crippen LogP contribution is 2.39. The lowest BCUT2D eigenvalue weighted by molar-refractivity contribution is 0.0216. The molecule has 0 aliphatic heterocycles. The fraction of sp³-hybridized carbons (Fsp3) is 0.565. The number of thiazole rings is 1. The molecule has 3 aromatic rings. The smallest absolute Gasteiger partial charge is 0.224 e. The van der Waals surface area contributed by atoms with E-state index in [1.165, 1.54) is 31.2 Å². The topological polar surface area (TPSA) is 162 Å². The molecule has 2 fully saturated rings. The van der Waals surface area contributed by atoms with Crippen molar-refractivity contribution in [3.63, 3.8) is 0 Å². The number of pyridine rings is 1. The molecule has 194 valence electrons. The van der Waals surface area contributed by atoms with Gasteiger partial charge in [-0.25, -0.2) is 23.1 Å². The van der Waals surface area contributed by atoms with Crippen molar-refractivity contribution in [3.8, 4) is 10.6 Å². The van der Waals surface area contributed by atoms with E-state index in [2.05, 4.69) is 25.3 Å². The van der Waals surface area contributed by atoms with Gasteiger partial charge in [0.25, 0.3) is 0 Å². The highest BCUT2D eigenvalue weighted by Gasteiger charge is 2.43. The van der Waals surface area contributed by atoms with Gasteiger partial charge in [0.1, 0.15) is 22.4 Å². The molecule has 11 nitrogen and oxygen atoms in total. The second kappa shape index (κ2) is 9.78. The zero-order valence-electron chi connectivity index (χ0n) is 20.4. The summed E-state index contributed by atoms with van der Waals surface area (Å²) >= 11 is 1.51. The number of anilines is 2. The molecule has 0 bridgehead atoms. The first-order valence-electron chi connectivity index (χ1n) is 12.0. The lowest BCUT2D eigenvalue weighted by Crippen LogP contribution is -2.37. The van der Waals surface area contributed by atoms with E-state index < -0.39 is 34.2 Å². The molecule has 4 atom stereocenters. The normalized spacial score (nSPS) is 24.4. The summed E-state index contributed by atoms with van der Waals surface area (Å²) in [6.07, 6.45) is 2.06. The Hall–Kier alpha value is -2.45. The minimum absolute atomic E-state index is 0.263. The van der Waals surface area contributed by atoms with Crippen molar-refractivity contribution in [1.82, 2.24) is 24.7 Å². The predicted octanol–water partition coefficient (Wildman–Crippen LogP) is 1.66. The van der Waals surface area contributed by atoms with E-state index in [0.29, 0.717) is 23.2 Å². The number of sulfonamides is 1. The maximum absolute atomic E-state index is 12.1. The fourth-order valence-corrected chi connectivity index (χ4v) is 6.81. The van der Waals surface area contributed by atoms with Crippen molar-refractivity contribution < 1.29 is 18.6 Å². The van der Waals surface area contributed by atoms with E-state index in [4.69, 9.17) is 9.97 Å². The third-order valence-corrected chi connectivity index (χ3v) is 9.44. The van der Waals surface area contributed by atoms with Gasteiger partial charge < -0.3 is 20.8 Å². The van der Waals surface area contributed by atoms with Gasteiger partial charge in [-0.15, -0.1) is 11.3 Å². The second-order valence-corrected chi connectivity index (χ2v) is 12.7. The highest BCUT2D eigenvalue weighted by molar-refractivity contribution is 7.89. The number of fused-ring (bicyclic) bond motifs is 1. The van der Waals surface area contributed by atoms with E-state index in [9.17, 15) is 18.6 Å². The summed E-state index contributed by atoms with van der Waals surface area (Å²) in [4.78, 5) is 18.6. The van der Waals surface area contributed by atoms with Gasteiger partial charge >= 0.3 is 0 Å². The van der Waals surface area contributed by atoms with Crippen LogP contribution >= 0.6 is 11.3 Å². The van der Waals surface area contributed by atoms with Crippen LogP contribution in [0.1, 0.15) is 30.7 Å². The predicted molar refractivity (Wildman–Crippen MR) is 140 cm³/mol. The summed E-state index contributed by atoms with van der Waals surface area (Å²) in [5, 5.41) is 28.7. The first-order valence-corrected chi connectivity index (χ1v) is 14.5. The molecule has 0 spiro atoms. The van der Waals surface area contributed by atoms with Crippen LogP contribution in [0.4, 0.5) is 11.8 Å². The van der Waals surface area contributed by atoms with Crippen LogP contribution < -0.4 is 15.4 Å². The Kier molecular flexibility index (Phi) is 6.85. The van der Waals surface area contributed by atoms with Crippen LogP contribution in [0.15, 0.2) is 12.3 Å². The van der Waals surface area contributed by atoms with Crippen LogP contribution in [-0.2, 0) is 10.0 Å². The minimum Gasteiger partial charge on any atom is -0.390 e. The largest absolute Gasteiger partial charge is 0.390 e. The average Bonchev–Trinajstić information content (AvgIpc) is 3.51. The van der Waals surface area contributed by atoms with Crippen LogP contribution in [-0.4, -0.2) is 76.2 Å². The summed E-state index contributed by atoms with van der Waals surface area (Å²) < 4.78 is 27.4. The molecule has 3 heterocycles. The summed E-state index contributed by atoms with van der Waals surface area (Å²) in [6.45, 7) is 4.59. The molecule has 5 rings (SSSR count). The molecular formula is C23H31N7O4S2. The number of hydrogen-bond donors (Lipinski definition) is 5. The molecule has 0 aromatic carbocycles. The SMILES string of the molecule is CNS(=O)(=O)C[C@H]1C[C@@H](Nc2nc(NCC3CC3)nc(C)c2-c2nc3c(C)nccc3s2)[C@H](O)[C@@H]1O. The van der Waals surface area contributed by atoms with Gasteiger partial charge in [0, 0.05) is 18.7 Å². The van der Waals surface area contributed by atoms with Gasteiger partial charge in [-0.3, -0.25) is 4.98 Å². The Morgan fingerprint density at radius 3 is 2.58 bits per heavy atom. The first kappa shape index (κ1) is 25.2. The van der Waals surface area contributed by atoms with Gasteiger partial charge in [0.15, 0.2) is 0 Å². The molecule has 2 saturated carbocycles. The lowest BCUT2D eigenvalue weighted by atomic mass is 10.1. The van der Waals surface area contributed by atoms with Gasteiger partial charge in [0.2, 0.25) is 16.0 Å². The van der Waals surface area contributed by atoms with E-state index in [1.54, 1.807) is 6.20 Å². The molecule has 2 aliphatic rings. The zero-order chi connectivity index (χ0) is 25.6. The summed E-state index contributed by atoms with van der Waals surface area (Å²) in [6, 6.07) is 1.32. The van der Waals surface area contributed by atoms with Crippen molar-refractivity contribution >= 4 is 43.3 Å². The van der Waals surface area contributed by atoms with Crippen LogP contribution in [0, 0.1) is 25.7 Å². The third kappa shape index (κ3) is 5.16. The Morgan fingerprint density at radius 2 is 1.89 bits per heavy atom. The standard InChI is InChI=1S/C23H31N7O4S2/c1-11-17(22-29-18-12(2)25-7-6-16(18)35-22)21(30-23(27-11)26-9-13-4-5-13)28-15-8-14(19(31)20(15)32)10-36(33,34)24-3/h6-7,13-15,19-20,24,31-32H,4-5,8-10H2,1-3H3,(H2,26,27,28,30)/t14-,15-,19-,20+/m1/s1. The van der Waals surface area contributed by atoms with Gasteiger partial charge in [-0.1, -0.05) is 0 Å². The van der Waals surface area contributed by atoms with Crippen molar-refractivity contribution in [2.24, 2.45) is 11.8 Å². The molecule has 3 aromatic heterocycles. The maximum atomic E-state index is 12.1. The first-order chi connectivity index (χ1) is 17.1. The van der Waals surface area contributed by atoms with E-state index >= 15 is 0 Å². The number of aryl methyl sites for hydroxylation is 2. The Balaban J connectivity index is 1.50. The fourth-order valence-electron chi connectivity index (χ4n) is 4.63. The summed E-state index contributed by atoms with van der Waals surface area (Å²) in [5.74, 6) is 0.704. The van der Waals surface area contributed by atoms with Gasteiger partial charge in [-0.2, -0.15) is 4.98 Å². The van der Waals surface area contributed by atoms with Gasteiger partial charge in [0.05, 0.1) is 39.5 Å². The van der Waals surface area contributed by atoms with E-state index in [-0.39, 0.29) is 12.2 Å². The third-order valence-electron chi connectivity index (χ3n) is 6.91. The summed E-state index contributed by atoms with van der Waals surface area (Å²) in [7, 11) is -2.21. The van der Waals surface area contributed by atoms with Crippen molar-refractivity contribution in [3.05, 3.63) is 23.7 Å². The van der Waals surface area contributed by atoms with Crippen LogP contribution in [0.25, 0.3) is 20.8 Å².